The molecule has 0 aliphatic heterocycles. The molecule has 1 aliphatic carbocycles. The van der Waals surface area contributed by atoms with E-state index in [1.54, 1.807) is 0 Å². The van der Waals surface area contributed by atoms with Crippen LogP contribution in [0.15, 0.2) is 18.2 Å². The fourth-order valence-electron chi connectivity index (χ4n) is 2.83. The third-order valence-corrected chi connectivity index (χ3v) is 5.02. The predicted molar refractivity (Wildman–Crippen MR) is 82.2 cm³/mol. The highest BCUT2D eigenvalue weighted by Crippen LogP contribution is 2.37. The average Bonchev–Trinajstić information content (AvgIpc) is 2.31. The second-order valence-electron chi connectivity index (χ2n) is 5.22. The van der Waals surface area contributed by atoms with Gasteiger partial charge in [-0.15, -0.1) is 0 Å². The van der Waals surface area contributed by atoms with Crippen LogP contribution in [0.25, 0.3) is 0 Å². The van der Waals surface area contributed by atoms with Crippen LogP contribution in [0.1, 0.15) is 44.2 Å². The molecule has 17 heavy (non-hydrogen) atoms. The Morgan fingerprint density at radius 2 is 2.18 bits per heavy atom. The number of hydrogen-bond donors (Lipinski definition) is 1. The van der Waals surface area contributed by atoms with Gasteiger partial charge in [-0.05, 0) is 71.0 Å². The summed E-state index contributed by atoms with van der Waals surface area (Å²) in [5.41, 5.74) is 7.66. The molecule has 0 heterocycles. The lowest BCUT2D eigenvalue weighted by Crippen LogP contribution is -2.26. The molecule has 1 aromatic carbocycles. The molecule has 2 N–H and O–H groups in total. The van der Waals surface area contributed by atoms with Crippen molar-refractivity contribution in [3.05, 3.63) is 32.4 Å². The topological polar surface area (TPSA) is 26.0 Å². The summed E-state index contributed by atoms with van der Waals surface area (Å²) in [6.45, 7) is 2.34. The molecule has 3 unspecified atom stereocenters. The van der Waals surface area contributed by atoms with Crippen molar-refractivity contribution in [2.75, 3.05) is 0 Å². The Morgan fingerprint density at radius 1 is 1.41 bits per heavy atom. The van der Waals surface area contributed by atoms with E-state index in [0.29, 0.717) is 5.92 Å². The highest BCUT2D eigenvalue weighted by atomic mass is 127. The number of rotatable bonds is 2. The van der Waals surface area contributed by atoms with Crippen molar-refractivity contribution in [2.45, 2.75) is 38.6 Å². The quantitative estimate of drug-likeness (QED) is 0.753. The fraction of sp³-hybridized carbons (Fsp3) is 0.571. The van der Waals surface area contributed by atoms with Crippen LogP contribution in [0.5, 0.6) is 0 Å². The van der Waals surface area contributed by atoms with Gasteiger partial charge in [-0.1, -0.05) is 31.4 Å². The molecule has 1 nitrogen and oxygen atoms in total. The Bertz CT molecular complexity index is 394. The maximum Gasteiger partial charge on any atom is 0.0410 e. The van der Waals surface area contributed by atoms with Crippen LogP contribution in [0.3, 0.4) is 0 Å². The van der Waals surface area contributed by atoms with E-state index in [1.165, 1.54) is 34.8 Å². The monoisotopic (exact) mass is 363 g/mol. The standard InChI is InChI=1S/C14H19ClIN/c1-9-3-2-4-10(7-9)14(17)12-8-11(15)5-6-13(12)16/h5-6,8-10,14H,2-4,7,17H2,1H3. The highest BCUT2D eigenvalue weighted by molar-refractivity contribution is 14.1. The molecule has 2 rings (SSSR count). The van der Waals surface area contributed by atoms with Gasteiger partial charge in [-0.25, -0.2) is 0 Å². The van der Waals surface area contributed by atoms with E-state index >= 15 is 0 Å². The molecule has 0 aromatic heterocycles. The van der Waals surface area contributed by atoms with E-state index in [1.807, 2.05) is 12.1 Å². The molecule has 1 aliphatic rings. The zero-order valence-electron chi connectivity index (χ0n) is 10.1. The zero-order chi connectivity index (χ0) is 12.4. The third kappa shape index (κ3) is 3.36. The van der Waals surface area contributed by atoms with Gasteiger partial charge in [0.05, 0.1) is 0 Å². The van der Waals surface area contributed by atoms with Gasteiger partial charge < -0.3 is 5.73 Å². The average molecular weight is 364 g/mol. The summed E-state index contributed by atoms with van der Waals surface area (Å²) < 4.78 is 1.23. The van der Waals surface area contributed by atoms with Crippen LogP contribution >= 0.6 is 34.2 Å². The van der Waals surface area contributed by atoms with Gasteiger partial charge in [0.15, 0.2) is 0 Å². The van der Waals surface area contributed by atoms with Crippen LogP contribution in [0, 0.1) is 15.4 Å². The summed E-state index contributed by atoms with van der Waals surface area (Å²) in [5, 5.41) is 0.791. The van der Waals surface area contributed by atoms with Crippen molar-refractivity contribution in [3.8, 4) is 0 Å². The van der Waals surface area contributed by atoms with E-state index in [0.717, 1.165) is 10.9 Å². The van der Waals surface area contributed by atoms with E-state index < -0.39 is 0 Å². The number of nitrogens with two attached hydrogens (primary N) is 1. The van der Waals surface area contributed by atoms with Crippen LogP contribution in [-0.4, -0.2) is 0 Å². The molecule has 0 spiro atoms. The zero-order valence-corrected chi connectivity index (χ0v) is 13.0. The lowest BCUT2D eigenvalue weighted by molar-refractivity contribution is 0.247. The first kappa shape index (κ1) is 13.6. The molecule has 3 heteroatoms. The van der Waals surface area contributed by atoms with Crippen LogP contribution in [0.2, 0.25) is 5.02 Å². The summed E-state index contributed by atoms with van der Waals surface area (Å²) in [7, 11) is 0. The van der Waals surface area contributed by atoms with Gasteiger partial charge in [-0.2, -0.15) is 0 Å². The maximum absolute atomic E-state index is 6.44. The van der Waals surface area contributed by atoms with Crippen LogP contribution in [-0.2, 0) is 0 Å². The van der Waals surface area contributed by atoms with Crippen molar-refractivity contribution < 1.29 is 0 Å². The second-order valence-corrected chi connectivity index (χ2v) is 6.82. The van der Waals surface area contributed by atoms with E-state index in [-0.39, 0.29) is 6.04 Å². The highest BCUT2D eigenvalue weighted by Gasteiger charge is 2.26. The lowest BCUT2D eigenvalue weighted by Gasteiger charge is -2.32. The first-order valence-corrected chi connectivity index (χ1v) is 7.74. The molecular weight excluding hydrogens is 345 g/mol. The smallest absolute Gasteiger partial charge is 0.0410 e. The van der Waals surface area contributed by atoms with Crippen LogP contribution < -0.4 is 5.73 Å². The van der Waals surface area contributed by atoms with Gasteiger partial charge in [-0.3, -0.25) is 0 Å². The molecule has 0 radical (unpaired) electrons. The van der Waals surface area contributed by atoms with Gasteiger partial charge in [0.2, 0.25) is 0 Å². The largest absolute Gasteiger partial charge is 0.324 e. The Morgan fingerprint density at radius 3 is 2.88 bits per heavy atom. The number of benzene rings is 1. The Labute approximate surface area is 122 Å². The van der Waals surface area contributed by atoms with Gasteiger partial charge in [0, 0.05) is 14.6 Å². The normalized spacial score (nSPS) is 26.8. The summed E-state index contributed by atoms with van der Waals surface area (Å²) in [6, 6.07) is 6.17. The Hall–Kier alpha value is 0.200. The molecule has 0 saturated heterocycles. The predicted octanol–water partition coefficient (Wildman–Crippen LogP) is 4.77. The van der Waals surface area contributed by atoms with E-state index in [4.69, 9.17) is 17.3 Å². The number of halogens is 2. The third-order valence-electron chi connectivity index (χ3n) is 3.80. The van der Waals surface area contributed by atoms with E-state index in [2.05, 4.69) is 35.6 Å². The minimum atomic E-state index is 0.142. The van der Waals surface area contributed by atoms with Gasteiger partial charge in [0.25, 0.3) is 0 Å². The number of hydrogen-bond acceptors (Lipinski definition) is 1. The molecule has 1 aromatic rings. The lowest BCUT2D eigenvalue weighted by atomic mass is 9.77. The first-order chi connectivity index (χ1) is 8.08. The van der Waals surface area contributed by atoms with Crippen molar-refractivity contribution in [3.63, 3.8) is 0 Å². The molecule has 94 valence electrons. The molecule has 0 bridgehead atoms. The summed E-state index contributed by atoms with van der Waals surface area (Å²) >= 11 is 8.42. The summed E-state index contributed by atoms with van der Waals surface area (Å²) in [6.07, 6.45) is 5.18. The summed E-state index contributed by atoms with van der Waals surface area (Å²) in [4.78, 5) is 0. The van der Waals surface area contributed by atoms with Crippen LogP contribution in [0.4, 0.5) is 0 Å². The maximum atomic E-state index is 6.44. The molecule has 1 fully saturated rings. The molecule has 0 amide bonds. The Balaban J connectivity index is 2.18. The van der Waals surface area contributed by atoms with Gasteiger partial charge >= 0.3 is 0 Å². The van der Waals surface area contributed by atoms with Crippen molar-refractivity contribution >= 4 is 34.2 Å². The minimum Gasteiger partial charge on any atom is -0.324 e. The molecule has 1 saturated carbocycles. The minimum absolute atomic E-state index is 0.142. The molecular formula is C14H19ClIN. The Kier molecular flexibility index (Phi) is 4.72. The van der Waals surface area contributed by atoms with Gasteiger partial charge in [0.1, 0.15) is 0 Å². The van der Waals surface area contributed by atoms with Crippen molar-refractivity contribution in [2.24, 2.45) is 17.6 Å². The fourth-order valence-corrected chi connectivity index (χ4v) is 3.71. The second kappa shape index (κ2) is 5.89. The van der Waals surface area contributed by atoms with E-state index in [9.17, 15) is 0 Å². The van der Waals surface area contributed by atoms with Crippen molar-refractivity contribution in [1.82, 2.24) is 0 Å². The molecule has 3 atom stereocenters. The first-order valence-electron chi connectivity index (χ1n) is 6.28. The SMILES string of the molecule is CC1CCCC(C(N)c2cc(Cl)ccc2I)C1. The summed E-state index contributed by atoms with van der Waals surface area (Å²) in [5.74, 6) is 1.43. The van der Waals surface area contributed by atoms with Crippen molar-refractivity contribution in [1.29, 1.82) is 0 Å².